The molecule has 0 bridgehead atoms. The molecular weight excluding hydrogens is 455 g/mol. The second-order valence-electron chi connectivity index (χ2n) is 7.81. The van der Waals surface area contributed by atoms with E-state index < -0.39 is 5.25 Å². The fraction of sp³-hybridized carbons (Fsp3) is 0.200. The number of ether oxygens (including phenoxy) is 1. The van der Waals surface area contributed by atoms with Crippen molar-refractivity contribution in [3.8, 4) is 11.4 Å². The first-order valence-corrected chi connectivity index (χ1v) is 11.5. The number of rotatable bonds is 9. The lowest BCUT2D eigenvalue weighted by molar-refractivity contribution is -0.479. The molecule has 1 atom stereocenters. The average molecular weight is 479 g/mol. The van der Waals surface area contributed by atoms with Crippen molar-refractivity contribution in [1.29, 1.82) is 0 Å². The van der Waals surface area contributed by atoms with Gasteiger partial charge in [-0.05, 0) is 66.9 Å². The monoisotopic (exact) mass is 478 g/mol. The third-order valence-corrected chi connectivity index (χ3v) is 6.37. The van der Waals surface area contributed by atoms with Crippen LogP contribution in [0.2, 0.25) is 0 Å². The summed E-state index contributed by atoms with van der Waals surface area (Å²) in [6.07, 6.45) is 0. The maximum atomic E-state index is 13.1. The molecule has 1 aromatic heterocycles. The van der Waals surface area contributed by atoms with Gasteiger partial charge in [0.1, 0.15) is 29.2 Å². The van der Waals surface area contributed by atoms with Gasteiger partial charge >= 0.3 is 0 Å². The van der Waals surface area contributed by atoms with Gasteiger partial charge in [0.05, 0.1) is 0 Å². The summed E-state index contributed by atoms with van der Waals surface area (Å²) in [5.74, 6) is 1.03. The van der Waals surface area contributed by atoms with E-state index in [0.717, 1.165) is 22.4 Å². The van der Waals surface area contributed by atoms with Crippen LogP contribution in [0.5, 0.6) is 5.75 Å². The molecule has 7 nitrogen and oxygen atoms in total. The highest BCUT2D eigenvalue weighted by Gasteiger charge is 2.24. The summed E-state index contributed by atoms with van der Waals surface area (Å²) < 4.78 is 20.7. The fourth-order valence-corrected chi connectivity index (χ4v) is 4.66. The molecular formula is C25H23FN4O3S. The van der Waals surface area contributed by atoms with Crippen LogP contribution in [0, 0.1) is 29.8 Å². The Hall–Kier alpha value is -3.72. The first-order valence-electron chi connectivity index (χ1n) is 10.6. The first kappa shape index (κ1) is 23.4. The number of hydrogen-bond acceptors (Lipinski definition) is 6. The summed E-state index contributed by atoms with van der Waals surface area (Å²) in [6.45, 7) is 3.89. The number of aryl methyl sites for hydroxylation is 2. The SMILES string of the molecule is Cc1cccc(-n2c(C)nnc2S[C@@H](C[N+](=O)[O-])c2ccc(OCc3ccc(F)cc3)cc2)c1. The van der Waals surface area contributed by atoms with Crippen molar-refractivity contribution in [1.82, 2.24) is 14.8 Å². The van der Waals surface area contributed by atoms with Crippen molar-refractivity contribution in [3.05, 3.63) is 111 Å². The molecule has 0 saturated carbocycles. The van der Waals surface area contributed by atoms with Gasteiger partial charge in [0.2, 0.25) is 6.54 Å². The third kappa shape index (κ3) is 5.79. The van der Waals surface area contributed by atoms with Gasteiger partial charge in [0, 0.05) is 10.6 Å². The van der Waals surface area contributed by atoms with Crippen LogP contribution >= 0.6 is 11.8 Å². The zero-order valence-electron chi connectivity index (χ0n) is 18.7. The smallest absolute Gasteiger partial charge is 0.220 e. The Morgan fingerprint density at radius 2 is 1.79 bits per heavy atom. The average Bonchev–Trinajstić information content (AvgIpc) is 3.18. The van der Waals surface area contributed by atoms with E-state index in [0.29, 0.717) is 23.3 Å². The largest absolute Gasteiger partial charge is 0.489 e. The molecule has 0 aliphatic heterocycles. The van der Waals surface area contributed by atoms with Gasteiger partial charge in [-0.25, -0.2) is 4.39 Å². The highest BCUT2D eigenvalue weighted by Crippen LogP contribution is 2.36. The van der Waals surface area contributed by atoms with E-state index in [1.54, 1.807) is 24.3 Å². The summed E-state index contributed by atoms with van der Waals surface area (Å²) in [6, 6.07) is 21.3. The van der Waals surface area contributed by atoms with Crippen LogP contribution in [0.25, 0.3) is 5.69 Å². The van der Waals surface area contributed by atoms with Gasteiger partial charge in [0.25, 0.3) is 0 Å². The maximum Gasteiger partial charge on any atom is 0.220 e. The molecule has 0 fully saturated rings. The van der Waals surface area contributed by atoms with Gasteiger partial charge in [-0.1, -0.05) is 48.2 Å². The fourth-order valence-electron chi connectivity index (χ4n) is 3.48. The Morgan fingerprint density at radius 1 is 1.06 bits per heavy atom. The van der Waals surface area contributed by atoms with Gasteiger partial charge in [-0.3, -0.25) is 14.7 Å². The lowest BCUT2D eigenvalue weighted by Crippen LogP contribution is -2.11. The Morgan fingerprint density at radius 3 is 2.47 bits per heavy atom. The second kappa shape index (κ2) is 10.5. The number of thioether (sulfide) groups is 1. The topological polar surface area (TPSA) is 83.1 Å². The van der Waals surface area contributed by atoms with Crippen LogP contribution < -0.4 is 4.74 Å². The lowest BCUT2D eigenvalue weighted by atomic mass is 10.1. The summed E-state index contributed by atoms with van der Waals surface area (Å²) in [5, 5.41) is 20.0. The highest BCUT2D eigenvalue weighted by atomic mass is 32.2. The molecule has 4 aromatic rings. The summed E-state index contributed by atoms with van der Waals surface area (Å²) >= 11 is 1.31. The number of hydrogen-bond donors (Lipinski definition) is 0. The molecule has 34 heavy (non-hydrogen) atoms. The lowest BCUT2D eigenvalue weighted by Gasteiger charge is -2.15. The van der Waals surface area contributed by atoms with Crippen molar-refractivity contribution in [3.63, 3.8) is 0 Å². The van der Waals surface area contributed by atoms with Gasteiger partial charge in [-0.2, -0.15) is 0 Å². The highest BCUT2D eigenvalue weighted by molar-refractivity contribution is 7.99. The molecule has 9 heteroatoms. The van der Waals surface area contributed by atoms with E-state index in [1.807, 2.05) is 54.8 Å². The van der Waals surface area contributed by atoms with Crippen molar-refractivity contribution in [2.24, 2.45) is 0 Å². The zero-order valence-corrected chi connectivity index (χ0v) is 19.5. The molecule has 0 spiro atoms. The van der Waals surface area contributed by atoms with Crippen molar-refractivity contribution >= 4 is 11.8 Å². The van der Waals surface area contributed by atoms with E-state index in [-0.39, 0.29) is 17.3 Å². The van der Waals surface area contributed by atoms with Crippen LogP contribution in [0.4, 0.5) is 4.39 Å². The number of nitrogens with zero attached hydrogens (tertiary/aromatic N) is 4. The minimum atomic E-state index is -0.465. The third-order valence-electron chi connectivity index (χ3n) is 5.19. The van der Waals surface area contributed by atoms with E-state index in [9.17, 15) is 14.5 Å². The molecule has 0 amide bonds. The Bertz CT molecular complexity index is 1280. The predicted octanol–water partition coefficient (Wildman–Crippen LogP) is 5.71. The van der Waals surface area contributed by atoms with Crippen molar-refractivity contribution < 1.29 is 14.1 Å². The van der Waals surface area contributed by atoms with E-state index in [2.05, 4.69) is 10.2 Å². The predicted molar refractivity (Wildman–Crippen MR) is 128 cm³/mol. The molecule has 4 rings (SSSR count). The molecule has 1 heterocycles. The van der Waals surface area contributed by atoms with Crippen LogP contribution in [0.15, 0.2) is 78.0 Å². The quantitative estimate of drug-likeness (QED) is 0.174. The van der Waals surface area contributed by atoms with Crippen molar-refractivity contribution in [2.75, 3.05) is 6.54 Å². The molecule has 0 N–H and O–H groups in total. The Kier molecular flexibility index (Phi) is 7.22. The molecule has 0 unspecified atom stereocenters. The number of aromatic nitrogens is 3. The van der Waals surface area contributed by atoms with Gasteiger partial charge in [0.15, 0.2) is 5.16 Å². The summed E-state index contributed by atoms with van der Waals surface area (Å²) in [4.78, 5) is 11.1. The number of benzene rings is 3. The molecule has 0 aliphatic rings. The number of nitro groups is 1. The summed E-state index contributed by atoms with van der Waals surface area (Å²) in [7, 11) is 0. The van der Waals surface area contributed by atoms with Crippen molar-refractivity contribution in [2.45, 2.75) is 30.9 Å². The molecule has 0 radical (unpaired) electrons. The molecule has 3 aromatic carbocycles. The molecule has 174 valence electrons. The standard InChI is InChI=1S/C25H23FN4O3S/c1-17-4-3-5-22(14-17)30-18(2)27-28-25(30)34-24(15-29(31)32)20-8-12-23(13-9-20)33-16-19-6-10-21(26)11-7-19/h3-14,24H,15-16H2,1-2H3/t24-/m0/s1. The van der Waals surface area contributed by atoms with Gasteiger partial charge < -0.3 is 4.74 Å². The minimum absolute atomic E-state index is 0.264. The van der Waals surface area contributed by atoms with E-state index >= 15 is 0 Å². The van der Waals surface area contributed by atoms with Crippen LogP contribution in [-0.4, -0.2) is 26.2 Å². The van der Waals surface area contributed by atoms with E-state index in [4.69, 9.17) is 4.74 Å². The normalized spacial score (nSPS) is 11.9. The van der Waals surface area contributed by atoms with Crippen LogP contribution in [-0.2, 0) is 6.61 Å². The van der Waals surface area contributed by atoms with Gasteiger partial charge in [-0.15, -0.1) is 10.2 Å². The Labute approximate surface area is 200 Å². The van der Waals surface area contributed by atoms with Crippen LogP contribution in [0.1, 0.15) is 27.8 Å². The Balaban J connectivity index is 1.53. The molecule has 0 aliphatic carbocycles. The molecule has 0 saturated heterocycles. The first-order chi connectivity index (χ1) is 16.4. The number of halogens is 1. The second-order valence-corrected chi connectivity index (χ2v) is 8.98. The minimum Gasteiger partial charge on any atom is -0.489 e. The maximum absolute atomic E-state index is 13.1. The summed E-state index contributed by atoms with van der Waals surface area (Å²) in [5.41, 5.74) is 3.64. The zero-order chi connectivity index (χ0) is 24.1. The van der Waals surface area contributed by atoms with E-state index in [1.165, 1.54) is 23.9 Å². The van der Waals surface area contributed by atoms with Crippen LogP contribution in [0.3, 0.4) is 0 Å².